The molecule has 1 aliphatic carbocycles. The Hall–Kier alpha value is 0.440. The summed E-state index contributed by atoms with van der Waals surface area (Å²) in [4.78, 5) is 0.519. The van der Waals surface area contributed by atoms with Gasteiger partial charge in [0.15, 0.2) is 0 Å². The van der Waals surface area contributed by atoms with Gasteiger partial charge in [0.05, 0.1) is 6.10 Å². The minimum absolute atomic E-state index is 0.163. The topological polar surface area (TPSA) is 20.2 Å². The maximum absolute atomic E-state index is 9.17. The molecule has 0 radical (unpaired) electrons. The molecule has 2 heteroatoms. The van der Waals surface area contributed by atoms with E-state index in [9.17, 15) is 0 Å². The van der Waals surface area contributed by atoms with E-state index in [1.807, 2.05) is 6.92 Å². The molecule has 1 saturated carbocycles. The van der Waals surface area contributed by atoms with Crippen molar-refractivity contribution in [1.82, 2.24) is 0 Å². The Kier molecular flexibility index (Phi) is 1.64. The molecule has 1 fully saturated rings. The Labute approximate surface area is 64.6 Å². The summed E-state index contributed by atoms with van der Waals surface area (Å²) < 4.78 is 0. The highest BCUT2D eigenvalue weighted by atomic mass is 79.9. The highest BCUT2D eigenvalue weighted by molar-refractivity contribution is 9.09. The van der Waals surface area contributed by atoms with Crippen molar-refractivity contribution >= 4 is 15.9 Å². The van der Waals surface area contributed by atoms with E-state index in [1.54, 1.807) is 0 Å². The van der Waals surface area contributed by atoms with E-state index in [2.05, 4.69) is 29.8 Å². The van der Waals surface area contributed by atoms with Crippen molar-refractivity contribution in [3.63, 3.8) is 0 Å². The molecule has 1 rings (SSSR count). The largest absolute Gasteiger partial charge is 0.393 e. The lowest BCUT2D eigenvalue weighted by Crippen LogP contribution is -2.07. The molecule has 0 saturated heterocycles. The molecule has 0 aliphatic heterocycles. The van der Waals surface area contributed by atoms with Crippen LogP contribution in [0.1, 0.15) is 20.8 Å². The van der Waals surface area contributed by atoms with Crippen LogP contribution in [0.4, 0.5) is 0 Å². The molecule has 0 heterocycles. The van der Waals surface area contributed by atoms with Crippen LogP contribution in [0.5, 0.6) is 0 Å². The van der Waals surface area contributed by atoms with Gasteiger partial charge < -0.3 is 5.11 Å². The zero-order valence-corrected chi connectivity index (χ0v) is 7.64. The van der Waals surface area contributed by atoms with Gasteiger partial charge in [0.1, 0.15) is 0 Å². The maximum atomic E-state index is 9.17. The first-order chi connectivity index (χ1) is 3.98. The second kappa shape index (κ2) is 1.96. The molecule has 0 spiro atoms. The average Bonchev–Trinajstić information content (AvgIpc) is 2.07. The molecule has 3 atom stereocenters. The summed E-state index contributed by atoms with van der Waals surface area (Å²) in [5.41, 5.74) is 0.314. The predicted octanol–water partition coefficient (Wildman–Crippen LogP) is 1.79. The number of halogens is 1. The molecule has 1 aliphatic rings. The van der Waals surface area contributed by atoms with Crippen molar-refractivity contribution in [3.05, 3.63) is 0 Å². The van der Waals surface area contributed by atoms with Crippen LogP contribution in [0.2, 0.25) is 0 Å². The van der Waals surface area contributed by atoms with Crippen molar-refractivity contribution < 1.29 is 5.11 Å². The first-order valence-electron chi connectivity index (χ1n) is 3.30. The standard InChI is InChI=1S/C7H13BrO/c1-4(9)5-6(8)7(5,2)3/h4-6,9H,1-3H3. The molecule has 0 amide bonds. The van der Waals surface area contributed by atoms with Gasteiger partial charge in [0.2, 0.25) is 0 Å². The fraction of sp³-hybridized carbons (Fsp3) is 1.00. The summed E-state index contributed by atoms with van der Waals surface area (Å²) in [6.45, 7) is 6.20. The van der Waals surface area contributed by atoms with Crippen LogP contribution in [0, 0.1) is 11.3 Å². The number of aliphatic hydroxyl groups is 1. The molecular formula is C7H13BrO. The van der Waals surface area contributed by atoms with Gasteiger partial charge in [0, 0.05) is 10.7 Å². The minimum atomic E-state index is -0.163. The Morgan fingerprint density at radius 1 is 1.56 bits per heavy atom. The summed E-state index contributed by atoms with van der Waals surface area (Å²) in [6, 6.07) is 0. The SMILES string of the molecule is CC(O)C1C(Br)C1(C)C. The molecular weight excluding hydrogens is 180 g/mol. The second-order valence-corrected chi connectivity index (χ2v) is 4.48. The fourth-order valence-electron chi connectivity index (χ4n) is 1.48. The van der Waals surface area contributed by atoms with Crippen molar-refractivity contribution in [3.8, 4) is 0 Å². The molecule has 3 unspecified atom stereocenters. The number of alkyl halides is 1. The summed E-state index contributed by atoms with van der Waals surface area (Å²) in [5.74, 6) is 0.456. The lowest BCUT2D eigenvalue weighted by molar-refractivity contribution is 0.156. The number of rotatable bonds is 1. The van der Waals surface area contributed by atoms with Crippen LogP contribution in [-0.2, 0) is 0 Å². The highest BCUT2D eigenvalue weighted by Crippen LogP contribution is 2.58. The summed E-state index contributed by atoms with van der Waals surface area (Å²) >= 11 is 3.51. The molecule has 0 bridgehead atoms. The molecule has 1 N–H and O–H groups in total. The zero-order valence-electron chi connectivity index (χ0n) is 6.06. The Morgan fingerprint density at radius 2 is 1.89 bits per heavy atom. The fourth-order valence-corrected chi connectivity index (χ4v) is 2.76. The molecule has 0 aromatic rings. The number of hydrogen-bond donors (Lipinski definition) is 1. The lowest BCUT2D eigenvalue weighted by atomic mass is 10.1. The van der Waals surface area contributed by atoms with E-state index in [0.29, 0.717) is 16.2 Å². The normalized spacial score (nSPS) is 42.3. The van der Waals surface area contributed by atoms with Crippen LogP contribution >= 0.6 is 15.9 Å². The molecule has 1 nitrogen and oxygen atoms in total. The molecule has 54 valence electrons. The molecule has 9 heavy (non-hydrogen) atoms. The summed E-state index contributed by atoms with van der Waals surface area (Å²) in [6.07, 6.45) is -0.163. The van der Waals surface area contributed by atoms with Crippen LogP contribution < -0.4 is 0 Å². The molecule has 0 aromatic heterocycles. The van der Waals surface area contributed by atoms with Gasteiger partial charge in [-0.2, -0.15) is 0 Å². The quantitative estimate of drug-likeness (QED) is 0.629. The zero-order chi connectivity index (χ0) is 7.23. The van der Waals surface area contributed by atoms with Gasteiger partial charge in [-0.25, -0.2) is 0 Å². The van der Waals surface area contributed by atoms with Crippen LogP contribution in [-0.4, -0.2) is 16.0 Å². The Balaban J connectivity index is 2.52. The first-order valence-corrected chi connectivity index (χ1v) is 4.21. The smallest absolute Gasteiger partial charge is 0.0556 e. The Bertz CT molecular complexity index is 120. The van der Waals surface area contributed by atoms with Crippen LogP contribution in [0.15, 0.2) is 0 Å². The van der Waals surface area contributed by atoms with Crippen molar-refractivity contribution in [2.24, 2.45) is 11.3 Å². The van der Waals surface area contributed by atoms with E-state index in [1.165, 1.54) is 0 Å². The summed E-state index contributed by atoms with van der Waals surface area (Å²) in [7, 11) is 0. The minimum Gasteiger partial charge on any atom is -0.393 e. The van der Waals surface area contributed by atoms with Gasteiger partial charge in [-0.3, -0.25) is 0 Å². The maximum Gasteiger partial charge on any atom is 0.0556 e. The highest BCUT2D eigenvalue weighted by Gasteiger charge is 2.58. The second-order valence-electron chi connectivity index (χ2n) is 3.49. The van der Waals surface area contributed by atoms with Crippen molar-refractivity contribution in [2.45, 2.75) is 31.7 Å². The third kappa shape index (κ3) is 1.03. The van der Waals surface area contributed by atoms with Crippen LogP contribution in [0.3, 0.4) is 0 Å². The van der Waals surface area contributed by atoms with Gasteiger partial charge in [-0.05, 0) is 12.3 Å². The predicted molar refractivity (Wildman–Crippen MR) is 41.7 cm³/mol. The van der Waals surface area contributed by atoms with E-state index in [-0.39, 0.29) is 6.10 Å². The van der Waals surface area contributed by atoms with E-state index >= 15 is 0 Å². The first kappa shape index (κ1) is 7.55. The monoisotopic (exact) mass is 192 g/mol. The lowest BCUT2D eigenvalue weighted by Gasteiger charge is -2.03. The van der Waals surface area contributed by atoms with E-state index < -0.39 is 0 Å². The van der Waals surface area contributed by atoms with Gasteiger partial charge in [-0.1, -0.05) is 29.8 Å². The molecule has 0 aromatic carbocycles. The number of hydrogen-bond acceptors (Lipinski definition) is 1. The van der Waals surface area contributed by atoms with Crippen LogP contribution in [0.25, 0.3) is 0 Å². The van der Waals surface area contributed by atoms with Gasteiger partial charge in [-0.15, -0.1) is 0 Å². The Morgan fingerprint density at radius 3 is 1.89 bits per heavy atom. The van der Waals surface area contributed by atoms with Crippen molar-refractivity contribution in [2.75, 3.05) is 0 Å². The third-order valence-corrected chi connectivity index (χ3v) is 4.05. The van der Waals surface area contributed by atoms with Gasteiger partial charge >= 0.3 is 0 Å². The van der Waals surface area contributed by atoms with E-state index in [4.69, 9.17) is 5.11 Å². The van der Waals surface area contributed by atoms with E-state index in [0.717, 1.165) is 0 Å². The van der Waals surface area contributed by atoms with Crippen molar-refractivity contribution in [1.29, 1.82) is 0 Å². The number of aliphatic hydroxyl groups excluding tert-OH is 1. The van der Waals surface area contributed by atoms with Gasteiger partial charge in [0.25, 0.3) is 0 Å². The summed E-state index contributed by atoms with van der Waals surface area (Å²) in [5, 5.41) is 9.17. The third-order valence-electron chi connectivity index (χ3n) is 2.30. The average molecular weight is 193 g/mol.